The summed E-state index contributed by atoms with van der Waals surface area (Å²) in [6.07, 6.45) is 3.42. The van der Waals surface area contributed by atoms with Gasteiger partial charge in [-0.2, -0.15) is 0 Å². The second kappa shape index (κ2) is 8.36. The van der Waals surface area contributed by atoms with Crippen molar-refractivity contribution in [2.24, 2.45) is 0 Å². The highest BCUT2D eigenvalue weighted by Gasteiger charge is 2.11. The maximum absolute atomic E-state index is 12.4. The van der Waals surface area contributed by atoms with Gasteiger partial charge in [-0.1, -0.05) is 28.1 Å². The molecule has 1 amide bonds. The third kappa shape index (κ3) is 4.41. The zero-order chi connectivity index (χ0) is 20.2. The fraction of sp³-hybridized carbons (Fsp3) is 0.0909. The topological polar surface area (TPSA) is 79.8 Å². The first-order chi connectivity index (χ1) is 14.1. The highest BCUT2D eigenvalue weighted by Crippen LogP contribution is 2.24. The maximum Gasteiger partial charge on any atom is 0.243 e. The Hall–Kier alpha value is -3.32. The molecule has 0 radical (unpaired) electrons. The molecule has 0 unspecified atom stereocenters. The number of aryl methyl sites for hydroxylation is 1. The van der Waals surface area contributed by atoms with Gasteiger partial charge in [0.05, 0.1) is 12.1 Å². The van der Waals surface area contributed by atoms with Crippen LogP contribution in [0.3, 0.4) is 0 Å². The number of carbonyl (C=O) groups is 1. The number of rotatable bonds is 5. The average Bonchev–Trinajstić information content (AvgIpc) is 2.75. The molecule has 0 aliphatic rings. The third-order valence-electron chi connectivity index (χ3n) is 4.38. The van der Waals surface area contributed by atoms with Crippen LogP contribution in [-0.4, -0.2) is 27.4 Å². The number of amides is 1. The SMILES string of the molecule is Cc1cc(NC(=O)CNc2nc(-c3cccnc3)nc3ccccc23)ccc1Br. The van der Waals surface area contributed by atoms with Gasteiger partial charge in [0, 0.05) is 33.5 Å². The van der Waals surface area contributed by atoms with E-state index in [1.54, 1.807) is 12.4 Å². The van der Waals surface area contributed by atoms with E-state index in [0.717, 1.165) is 32.2 Å². The van der Waals surface area contributed by atoms with E-state index in [-0.39, 0.29) is 12.5 Å². The van der Waals surface area contributed by atoms with Crippen molar-refractivity contribution in [1.82, 2.24) is 15.0 Å². The minimum Gasteiger partial charge on any atom is -0.360 e. The molecule has 144 valence electrons. The molecule has 2 aromatic heterocycles. The molecule has 0 saturated heterocycles. The van der Waals surface area contributed by atoms with Crippen LogP contribution in [0.4, 0.5) is 11.5 Å². The number of fused-ring (bicyclic) bond motifs is 1. The summed E-state index contributed by atoms with van der Waals surface area (Å²) >= 11 is 3.46. The minimum atomic E-state index is -0.155. The number of hydrogen-bond donors (Lipinski definition) is 2. The number of benzene rings is 2. The fourth-order valence-corrected chi connectivity index (χ4v) is 3.17. The normalized spacial score (nSPS) is 10.7. The van der Waals surface area contributed by atoms with E-state index >= 15 is 0 Å². The van der Waals surface area contributed by atoms with Crippen molar-refractivity contribution in [2.75, 3.05) is 17.2 Å². The Balaban J connectivity index is 1.56. The zero-order valence-electron chi connectivity index (χ0n) is 15.7. The Morgan fingerprint density at radius 1 is 1.07 bits per heavy atom. The summed E-state index contributed by atoms with van der Waals surface area (Å²) < 4.78 is 1.00. The summed E-state index contributed by atoms with van der Waals surface area (Å²) in [5, 5.41) is 6.90. The van der Waals surface area contributed by atoms with E-state index in [9.17, 15) is 4.79 Å². The van der Waals surface area contributed by atoms with E-state index in [1.807, 2.05) is 61.5 Å². The van der Waals surface area contributed by atoms with Crippen molar-refractivity contribution in [3.63, 3.8) is 0 Å². The molecule has 7 heteroatoms. The lowest BCUT2D eigenvalue weighted by atomic mass is 10.2. The Kier molecular flexibility index (Phi) is 5.48. The second-order valence-electron chi connectivity index (χ2n) is 6.52. The van der Waals surface area contributed by atoms with Gasteiger partial charge in [-0.15, -0.1) is 0 Å². The van der Waals surface area contributed by atoms with E-state index in [4.69, 9.17) is 0 Å². The van der Waals surface area contributed by atoms with Gasteiger partial charge in [0.2, 0.25) is 5.91 Å². The van der Waals surface area contributed by atoms with Crippen molar-refractivity contribution in [3.05, 3.63) is 77.0 Å². The summed E-state index contributed by atoms with van der Waals surface area (Å²) in [5.74, 6) is 1.01. The standard InChI is InChI=1S/C22H18BrN5O/c1-14-11-16(8-9-18(14)23)26-20(29)13-25-22-17-6-2-3-7-19(17)27-21(28-22)15-5-4-10-24-12-15/h2-12H,13H2,1H3,(H,26,29)(H,25,27,28). The van der Waals surface area contributed by atoms with Crippen LogP contribution in [0.15, 0.2) is 71.5 Å². The molecule has 4 aromatic rings. The first-order valence-electron chi connectivity index (χ1n) is 9.07. The van der Waals surface area contributed by atoms with Crippen LogP contribution < -0.4 is 10.6 Å². The molecule has 0 fully saturated rings. The Morgan fingerprint density at radius 3 is 2.72 bits per heavy atom. The molecule has 0 aliphatic carbocycles. The quantitative estimate of drug-likeness (QED) is 0.458. The fourth-order valence-electron chi connectivity index (χ4n) is 2.93. The van der Waals surface area contributed by atoms with Crippen LogP contribution in [0.25, 0.3) is 22.3 Å². The van der Waals surface area contributed by atoms with Gasteiger partial charge in [0.1, 0.15) is 5.82 Å². The zero-order valence-corrected chi connectivity index (χ0v) is 17.3. The van der Waals surface area contributed by atoms with Crippen LogP contribution >= 0.6 is 15.9 Å². The number of nitrogens with one attached hydrogen (secondary N) is 2. The number of pyridine rings is 1. The number of aromatic nitrogens is 3. The van der Waals surface area contributed by atoms with Crippen LogP contribution in [0.1, 0.15) is 5.56 Å². The number of halogens is 1. The lowest BCUT2D eigenvalue weighted by Crippen LogP contribution is -2.22. The lowest BCUT2D eigenvalue weighted by Gasteiger charge is -2.11. The van der Waals surface area contributed by atoms with Gasteiger partial charge in [-0.05, 0) is 55.0 Å². The van der Waals surface area contributed by atoms with Gasteiger partial charge in [-0.3, -0.25) is 9.78 Å². The summed E-state index contributed by atoms with van der Waals surface area (Å²) in [6.45, 7) is 2.06. The molecule has 6 nitrogen and oxygen atoms in total. The molecule has 0 aliphatic heterocycles. The largest absolute Gasteiger partial charge is 0.360 e. The predicted molar refractivity (Wildman–Crippen MR) is 119 cm³/mol. The van der Waals surface area contributed by atoms with E-state index in [1.165, 1.54) is 0 Å². The minimum absolute atomic E-state index is 0.0859. The summed E-state index contributed by atoms with van der Waals surface area (Å²) in [4.78, 5) is 25.8. The van der Waals surface area contributed by atoms with Crippen molar-refractivity contribution >= 4 is 44.2 Å². The Labute approximate surface area is 176 Å². The first kappa shape index (κ1) is 19.0. The second-order valence-corrected chi connectivity index (χ2v) is 7.37. The molecule has 2 N–H and O–H groups in total. The molecule has 29 heavy (non-hydrogen) atoms. The third-order valence-corrected chi connectivity index (χ3v) is 5.27. The van der Waals surface area contributed by atoms with Crippen LogP contribution in [0.5, 0.6) is 0 Å². The van der Waals surface area contributed by atoms with Crippen molar-refractivity contribution in [2.45, 2.75) is 6.92 Å². The van der Waals surface area contributed by atoms with E-state index < -0.39 is 0 Å². The molecule has 0 spiro atoms. The maximum atomic E-state index is 12.4. The van der Waals surface area contributed by atoms with Crippen molar-refractivity contribution in [3.8, 4) is 11.4 Å². The summed E-state index contributed by atoms with van der Waals surface area (Å²) in [7, 11) is 0. The van der Waals surface area contributed by atoms with Gasteiger partial charge in [0.25, 0.3) is 0 Å². The van der Waals surface area contributed by atoms with Crippen molar-refractivity contribution in [1.29, 1.82) is 0 Å². The molecule has 2 heterocycles. The number of anilines is 2. The smallest absolute Gasteiger partial charge is 0.243 e. The van der Waals surface area contributed by atoms with Crippen LogP contribution in [0.2, 0.25) is 0 Å². The van der Waals surface area contributed by atoms with Gasteiger partial charge in [-0.25, -0.2) is 9.97 Å². The number of nitrogens with zero attached hydrogens (tertiary/aromatic N) is 3. The highest BCUT2D eigenvalue weighted by atomic mass is 79.9. The van der Waals surface area contributed by atoms with E-state index in [2.05, 4.69) is 41.5 Å². The molecule has 2 aromatic carbocycles. The first-order valence-corrected chi connectivity index (χ1v) is 9.86. The monoisotopic (exact) mass is 447 g/mol. The average molecular weight is 448 g/mol. The Morgan fingerprint density at radius 2 is 1.93 bits per heavy atom. The van der Waals surface area contributed by atoms with Crippen LogP contribution in [0, 0.1) is 6.92 Å². The molecule has 0 bridgehead atoms. The van der Waals surface area contributed by atoms with Gasteiger partial charge < -0.3 is 10.6 Å². The summed E-state index contributed by atoms with van der Waals surface area (Å²) in [5.41, 5.74) is 3.42. The molecule has 0 atom stereocenters. The lowest BCUT2D eigenvalue weighted by molar-refractivity contribution is -0.114. The summed E-state index contributed by atoms with van der Waals surface area (Å²) in [6, 6.07) is 17.1. The molecule has 4 rings (SSSR count). The van der Waals surface area contributed by atoms with Crippen LogP contribution in [-0.2, 0) is 4.79 Å². The van der Waals surface area contributed by atoms with Gasteiger partial charge in [0.15, 0.2) is 5.82 Å². The van der Waals surface area contributed by atoms with Gasteiger partial charge >= 0.3 is 0 Å². The molecular formula is C22H18BrN5O. The highest BCUT2D eigenvalue weighted by molar-refractivity contribution is 9.10. The van der Waals surface area contributed by atoms with Crippen molar-refractivity contribution < 1.29 is 4.79 Å². The van der Waals surface area contributed by atoms with E-state index in [0.29, 0.717) is 11.6 Å². The Bertz CT molecular complexity index is 1180. The number of hydrogen-bond acceptors (Lipinski definition) is 5. The number of carbonyl (C=O) groups excluding carboxylic acids is 1. The predicted octanol–water partition coefficient (Wildman–Crippen LogP) is 4.81. The number of para-hydroxylation sites is 1. The molecule has 0 saturated carbocycles. The molecular weight excluding hydrogens is 430 g/mol.